The highest BCUT2D eigenvalue weighted by Crippen LogP contribution is 2.22. The molecule has 0 aliphatic rings. The van der Waals surface area contributed by atoms with Gasteiger partial charge in [0, 0.05) is 17.8 Å². The summed E-state index contributed by atoms with van der Waals surface area (Å²) in [6.45, 7) is 2.52. The van der Waals surface area contributed by atoms with Crippen molar-refractivity contribution in [3.8, 4) is 5.75 Å². The predicted octanol–water partition coefficient (Wildman–Crippen LogP) is 2.80. The Morgan fingerprint density at radius 2 is 2.26 bits per heavy atom. The molecule has 0 aliphatic carbocycles. The van der Waals surface area contributed by atoms with E-state index in [2.05, 4.69) is 26.2 Å². The second-order valence-corrected chi connectivity index (χ2v) is 5.67. The second kappa shape index (κ2) is 7.47. The summed E-state index contributed by atoms with van der Waals surface area (Å²) in [5.41, 5.74) is 6.37. The Balaban J connectivity index is 2.20. The van der Waals surface area contributed by atoms with Crippen LogP contribution < -0.4 is 10.5 Å². The number of aryl methyl sites for hydroxylation is 1. The highest BCUT2D eigenvalue weighted by molar-refractivity contribution is 9.10. The molecule has 7 nitrogen and oxygen atoms in total. The zero-order chi connectivity index (χ0) is 17.0. The molecule has 0 amide bonds. The van der Waals surface area contributed by atoms with Gasteiger partial charge in [0.25, 0.3) is 0 Å². The molecule has 9 heteroatoms. The van der Waals surface area contributed by atoms with Crippen LogP contribution in [0.5, 0.6) is 5.75 Å². The maximum absolute atomic E-state index is 12.0. The zero-order valence-corrected chi connectivity index (χ0v) is 14.8. The van der Waals surface area contributed by atoms with E-state index >= 15 is 0 Å². The van der Waals surface area contributed by atoms with Crippen LogP contribution in [0.2, 0.25) is 5.02 Å². The number of carbonyl (C=O) groups is 1. The summed E-state index contributed by atoms with van der Waals surface area (Å²) in [6.07, 6.45) is 1.67. The number of oxime groups is 1. The van der Waals surface area contributed by atoms with E-state index in [1.165, 1.54) is 7.11 Å². The van der Waals surface area contributed by atoms with Crippen LogP contribution in [0.4, 0.5) is 0 Å². The lowest BCUT2D eigenvalue weighted by molar-refractivity contribution is 0.0507. The van der Waals surface area contributed by atoms with E-state index in [4.69, 9.17) is 26.9 Å². The zero-order valence-electron chi connectivity index (χ0n) is 12.4. The summed E-state index contributed by atoms with van der Waals surface area (Å²) in [4.78, 5) is 16.8. The van der Waals surface area contributed by atoms with Gasteiger partial charge in [-0.05, 0) is 41.1 Å². The van der Waals surface area contributed by atoms with Crippen LogP contribution in [-0.2, 0) is 11.4 Å². The van der Waals surface area contributed by atoms with Crippen LogP contribution in [0, 0.1) is 0 Å². The minimum Gasteiger partial charge on any atom is -0.496 e. The van der Waals surface area contributed by atoms with E-state index in [0.717, 1.165) is 0 Å². The van der Waals surface area contributed by atoms with Gasteiger partial charge in [-0.3, -0.25) is 4.68 Å². The minimum atomic E-state index is -0.729. The van der Waals surface area contributed by atoms with Gasteiger partial charge in [0.05, 0.1) is 17.1 Å². The molecule has 23 heavy (non-hydrogen) atoms. The molecule has 0 atom stereocenters. The molecule has 2 aromatic rings. The van der Waals surface area contributed by atoms with Crippen LogP contribution >= 0.6 is 27.5 Å². The number of aromatic nitrogens is 2. The van der Waals surface area contributed by atoms with Crippen LogP contribution in [0.3, 0.4) is 0 Å². The number of hydrogen-bond donors (Lipinski definition) is 1. The van der Waals surface area contributed by atoms with Crippen LogP contribution in [0.15, 0.2) is 34.0 Å². The van der Waals surface area contributed by atoms with Gasteiger partial charge in [0.15, 0.2) is 11.5 Å². The fraction of sp³-hybridized carbons (Fsp3) is 0.214. The number of benzene rings is 1. The SMILES string of the molecule is CCn1cc(Br)c(C(=O)O/N=C(\N)c2cc(Cl)ccc2OC)n1. The van der Waals surface area contributed by atoms with E-state index in [9.17, 15) is 4.79 Å². The van der Waals surface area contributed by atoms with Gasteiger partial charge in [-0.25, -0.2) is 4.79 Å². The summed E-state index contributed by atoms with van der Waals surface area (Å²) in [7, 11) is 1.49. The predicted molar refractivity (Wildman–Crippen MR) is 89.7 cm³/mol. The van der Waals surface area contributed by atoms with Crippen molar-refractivity contribution in [2.45, 2.75) is 13.5 Å². The van der Waals surface area contributed by atoms with Crippen molar-refractivity contribution in [1.82, 2.24) is 9.78 Å². The Bertz CT molecular complexity index is 760. The lowest BCUT2D eigenvalue weighted by atomic mass is 10.2. The summed E-state index contributed by atoms with van der Waals surface area (Å²) in [5, 5.41) is 8.15. The highest BCUT2D eigenvalue weighted by Gasteiger charge is 2.17. The minimum absolute atomic E-state index is 0.0382. The summed E-state index contributed by atoms with van der Waals surface area (Å²) in [5.74, 6) is -0.306. The van der Waals surface area contributed by atoms with Crippen molar-refractivity contribution in [1.29, 1.82) is 0 Å². The number of rotatable bonds is 5. The third-order valence-electron chi connectivity index (χ3n) is 2.90. The lowest BCUT2D eigenvalue weighted by Gasteiger charge is -2.07. The Hall–Kier alpha value is -2.06. The van der Waals surface area contributed by atoms with E-state index in [0.29, 0.717) is 27.4 Å². The molecule has 0 saturated heterocycles. The van der Waals surface area contributed by atoms with Gasteiger partial charge in [0.2, 0.25) is 0 Å². The normalized spacial score (nSPS) is 11.4. The van der Waals surface area contributed by atoms with Crippen molar-refractivity contribution < 1.29 is 14.4 Å². The van der Waals surface area contributed by atoms with Crippen molar-refractivity contribution in [3.63, 3.8) is 0 Å². The molecule has 0 spiro atoms. The summed E-state index contributed by atoms with van der Waals surface area (Å²) in [6, 6.07) is 4.85. The number of carbonyl (C=O) groups excluding carboxylic acids is 1. The molecule has 0 radical (unpaired) electrons. The monoisotopic (exact) mass is 400 g/mol. The third-order valence-corrected chi connectivity index (χ3v) is 3.71. The molecule has 1 aromatic carbocycles. The van der Waals surface area contributed by atoms with Crippen molar-refractivity contribution in [2.24, 2.45) is 10.9 Å². The molecule has 2 rings (SSSR count). The maximum atomic E-state index is 12.0. The quantitative estimate of drug-likeness (QED) is 0.360. The molecule has 0 fully saturated rings. The number of methoxy groups -OCH3 is 1. The van der Waals surface area contributed by atoms with Crippen molar-refractivity contribution in [3.05, 3.63) is 45.1 Å². The van der Waals surface area contributed by atoms with Crippen LogP contribution in [0.1, 0.15) is 23.0 Å². The third kappa shape index (κ3) is 4.02. The van der Waals surface area contributed by atoms with Gasteiger partial charge in [-0.1, -0.05) is 16.8 Å². The fourth-order valence-electron chi connectivity index (χ4n) is 1.76. The van der Waals surface area contributed by atoms with Gasteiger partial charge >= 0.3 is 5.97 Å². The van der Waals surface area contributed by atoms with Crippen molar-refractivity contribution in [2.75, 3.05) is 7.11 Å². The van der Waals surface area contributed by atoms with Gasteiger partial charge in [-0.2, -0.15) is 5.10 Å². The highest BCUT2D eigenvalue weighted by atomic mass is 79.9. The molecule has 0 unspecified atom stereocenters. The number of ether oxygens (including phenoxy) is 1. The average molecular weight is 402 g/mol. The first kappa shape index (κ1) is 17.3. The lowest BCUT2D eigenvalue weighted by Crippen LogP contribution is -2.16. The number of nitrogens with zero attached hydrogens (tertiary/aromatic N) is 3. The first-order valence-electron chi connectivity index (χ1n) is 6.58. The average Bonchev–Trinajstić information content (AvgIpc) is 2.93. The number of nitrogens with two attached hydrogens (primary N) is 1. The molecule has 1 heterocycles. The Morgan fingerprint density at radius 3 is 2.87 bits per heavy atom. The number of amidine groups is 1. The Morgan fingerprint density at radius 1 is 1.52 bits per heavy atom. The summed E-state index contributed by atoms with van der Waals surface area (Å²) < 4.78 is 7.27. The standard InChI is InChI=1S/C14H14BrClN4O3/c1-3-20-7-10(15)12(18-20)14(21)23-19-13(17)9-6-8(16)4-5-11(9)22-2/h4-7H,3H2,1-2H3,(H2,17,19). The van der Waals surface area contributed by atoms with Gasteiger partial charge in [-0.15, -0.1) is 0 Å². The molecule has 0 bridgehead atoms. The molecule has 122 valence electrons. The van der Waals surface area contributed by atoms with Gasteiger partial charge < -0.3 is 15.3 Å². The second-order valence-electron chi connectivity index (χ2n) is 4.38. The smallest absolute Gasteiger partial charge is 0.387 e. The Labute approximate surface area is 146 Å². The Kier molecular flexibility index (Phi) is 5.62. The first-order chi connectivity index (χ1) is 11.0. The molecular weight excluding hydrogens is 388 g/mol. The van der Waals surface area contributed by atoms with Crippen molar-refractivity contribution >= 4 is 39.3 Å². The maximum Gasteiger partial charge on any atom is 0.387 e. The van der Waals surface area contributed by atoms with E-state index in [-0.39, 0.29) is 11.5 Å². The van der Waals surface area contributed by atoms with E-state index < -0.39 is 5.97 Å². The fourth-order valence-corrected chi connectivity index (χ4v) is 2.41. The van der Waals surface area contributed by atoms with E-state index in [1.807, 2.05) is 6.92 Å². The largest absolute Gasteiger partial charge is 0.496 e. The number of hydrogen-bond acceptors (Lipinski definition) is 5. The topological polar surface area (TPSA) is 91.7 Å². The summed E-state index contributed by atoms with van der Waals surface area (Å²) >= 11 is 9.16. The van der Waals surface area contributed by atoms with E-state index in [1.54, 1.807) is 29.1 Å². The first-order valence-corrected chi connectivity index (χ1v) is 7.75. The molecule has 2 N–H and O–H groups in total. The molecule has 0 aliphatic heterocycles. The van der Waals surface area contributed by atoms with Crippen LogP contribution in [-0.4, -0.2) is 28.7 Å². The molecular formula is C14H14BrClN4O3. The molecule has 0 saturated carbocycles. The molecule has 1 aromatic heterocycles. The van der Waals surface area contributed by atoms with Gasteiger partial charge in [0.1, 0.15) is 5.75 Å². The number of halogens is 2. The van der Waals surface area contributed by atoms with Crippen LogP contribution in [0.25, 0.3) is 0 Å².